The van der Waals surface area contributed by atoms with Crippen LogP contribution in [0.2, 0.25) is 0 Å². The lowest BCUT2D eigenvalue weighted by Crippen LogP contribution is -2.07. The minimum atomic E-state index is -0.546. The number of esters is 1. The van der Waals surface area contributed by atoms with Crippen molar-refractivity contribution in [2.75, 3.05) is 26.6 Å². The maximum absolute atomic E-state index is 12.2. The maximum Gasteiger partial charge on any atom is 0.348 e. The van der Waals surface area contributed by atoms with Crippen molar-refractivity contribution in [3.63, 3.8) is 0 Å². The van der Waals surface area contributed by atoms with Crippen LogP contribution in [0.15, 0.2) is 24.3 Å². The third kappa shape index (κ3) is 4.46. The first kappa shape index (κ1) is 20.0. The van der Waals surface area contributed by atoms with Crippen LogP contribution in [-0.2, 0) is 9.53 Å². The summed E-state index contributed by atoms with van der Waals surface area (Å²) in [4.78, 5) is 24.3. The number of methoxy groups -OCH3 is 3. The quantitative estimate of drug-likeness (QED) is 0.604. The van der Waals surface area contributed by atoms with Crippen LogP contribution in [0.5, 0.6) is 11.5 Å². The van der Waals surface area contributed by atoms with Crippen LogP contribution < -0.4 is 14.8 Å². The van der Waals surface area contributed by atoms with Gasteiger partial charge in [0.05, 0.1) is 26.9 Å². The Morgan fingerprint density at radius 2 is 1.89 bits per heavy atom. The lowest BCUT2D eigenvalue weighted by Gasteiger charge is -2.07. The Morgan fingerprint density at radius 3 is 2.48 bits per heavy atom. The van der Waals surface area contributed by atoms with E-state index in [0.29, 0.717) is 22.1 Å². The van der Waals surface area contributed by atoms with E-state index in [4.69, 9.17) is 14.2 Å². The number of nitrogens with zero attached hydrogens (tertiary/aromatic N) is 1. The predicted molar refractivity (Wildman–Crippen MR) is 102 cm³/mol. The Morgan fingerprint density at radius 1 is 1.19 bits per heavy atom. The summed E-state index contributed by atoms with van der Waals surface area (Å²) in [6, 6.07) is 7.24. The molecule has 7 nitrogen and oxygen atoms in total. The molecule has 27 heavy (non-hydrogen) atoms. The van der Waals surface area contributed by atoms with Gasteiger partial charge < -0.3 is 19.5 Å². The summed E-state index contributed by atoms with van der Waals surface area (Å²) in [5.74, 6) is 0.153. The summed E-state index contributed by atoms with van der Waals surface area (Å²) >= 11 is 1.00. The van der Waals surface area contributed by atoms with Crippen LogP contribution in [0.4, 0.5) is 5.00 Å². The van der Waals surface area contributed by atoms with Crippen LogP contribution in [0.3, 0.4) is 0 Å². The van der Waals surface area contributed by atoms with Crippen LogP contribution >= 0.6 is 11.3 Å². The number of hydrogen-bond acceptors (Lipinski definition) is 7. The molecule has 1 amide bonds. The van der Waals surface area contributed by atoms with Crippen LogP contribution in [0.25, 0.3) is 6.08 Å². The van der Waals surface area contributed by atoms with Crippen molar-refractivity contribution < 1.29 is 23.8 Å². The van der Waals surface area contributed by atoms with Crippen LogP contribution in [0.1, 0.15) is 26.4 Å². The lowest BCUT2D eigenvalue weighted by molar-refractivity contribution is -0.111. The van der Waals surface area contributed by atoms with Gasteiger partial charge in [-0.3, -0.25) is 4.79 Å². The molecular weight excluding hydrogens is 368 g/mol. The molecule has 0 unspecified atom stereocenters. The van der Waals surface area contributed by atoms with Crippen molar-refractivity contribution in [1.82, 2.24) is 0 Å². The van der Waals surface area contributed by atoms with E-state index in [1.807, 2.05) is 6.07 Å². The SMILES string of the molecule is COC(=O)c1sc(NC(=O)C=Cc2ccc(OC)c(OC)c2)c(C#N)c1C. The number of thiophene rings is 1. The van der Waals surface area contributed by atoms with E-state index in [2.05, 4.69) is 5.32 Å². The Kier molecular flexibility index (Phi) is 6.57. The van der Waals surface area contributed by atoms with Gasteiger partial charge in [0.15, 0.2) is 11.5 Å². The van der Waals surface area contributed by atoms with Gasteiger partial charge in [-0.15, -0.1) is 11.3 Å². The minimum absolute atomic E-state index is 0.244. The molecule has 1 N–H and O–H groups in total. The third-order valence-corrected chi connectivity index (χ3v) is 4.89. The average molecular weight is 386 g/mol. The van der Waals surface area contributed by atoms with E-state index in [0.717, 1.165) is 16.9 Å². The molecular formula is C19H18N2O5S. The molecule has 0 atom stereocenters. The van der Waals surface area contributed by atoms with Gasteiger partial charge in [-0.1, -0.05) is 6.07 Å². The maximum atomic E-state index is 12.2. The summed E-state index contributed by atoms with van der Waals surface area (Å²) in [6.45, 7) is 1.64. The highest BCUT2D eigenvalue weighted by atomic mass is 32.1. The molecule has 2 aromatic rings. The van der Waals surface area contributed by atoms with E-state index >= 15 is 0 Å². The summed E-state index contributed by atoms with van der Waals surface area (Å²) < 4.78 is 15.1. The second-order valence-corrected chi connectivity index (χ2v) is 6.32. The first-order valence-corrected chi connectivity index (χ1v) is 8.59. The Bertz CT molecular complexity index is 940. The molecule has 0 radical (unpaired) electrons. The summed E-state index contributed by atoms with van der Waals surface area (Å²) in [7, 11) is 4.33. The second-order valence-electron chi connectivity index (χ2n) is 5.30. The summed E-state index contributed by atoms with van der Waals surface area (Å²) in [6.07, 6.45) is 2.93. The zero-order valence-electron chi connectivity index (χ0n) is 15.3. The number of carbonyl (C=O) groups excluding carboxylic acids is 2. The molecule has 1 heterocycles. The standard InChI is InChI=1S/C19H18N2O5S/c1-11-13(10-20)18(27-17(11)19(23)26-4)21-16(22)8-6-12-5-7-14(24-2)15(9-12)25-3/h5-9H,1-4H3,(H,21,22). The molecule has 1 aromatic heterocycles. The summed E-state index contributed by atoms with van der Waals surface area (Å²) in [5, 5.41) is 12.2. The molecule has 8 heteroatoms. The number of carbonyl (C=O) groups is 2. The van der Waals surface area contributed by atoms with Gasteiger partial charge in [-0.2, -0.15) is 5.26 Å². The van der Waals surface area contributed by atoms with Crippen molar-refractivity contribution in [2.24, 2.45) is 0 Å². The highest BCUT2D eigenvalue weighted by molar-refractivity contribution is 7.18. The number of benzene rings is 1. The highest BCUT2D eigenvalue weighted by Crippen LogP contribution is 2.33. The topological polar surface area (TPSA) is 97.7 Å². The zero-order valence-corrected chi connectivity index (χ0v) is 16.1. The predicted octanol–water partition coefficient (Wildman–Crippen LogP) is 3.38. The number of rotatable bonds is 6. The van der Waals surface area contributed by atoms with Crippen LogP contribution in [0, 0.1) is 18.3 Å². The van der Waals surface area contributed by atoms with Gasteiger partial charge in [0.2, 0.25) is 5.91 Å². The Labute approximate surface area is 160 Å². The monoisotopic (exact) mass is 386 g/mol. The smallest absolute Gasteiger partial charge is 0.348 e. The van der Waals surface area contributed by atoms with E-state index in [9.17, 15) is 14.9 Å². The first-order valence-electron chi connectivity index (χ1n) is 7.78. The highest BCUT2D eigenvalue weighted by Gasteiger charge is 2.21. The van der Waals surface area contributed by atoms with Crippen molar-refractivity contribution >= 4 is 34.3 Å². The fourth-order valence-corrected chi connectivity index (χ4v) is 3.38. The second kappa shape index (κ2) is 8.87. The van der Waals surface area contributed by atoms with Gasteiger partial charge in [-0.25, -0.2) is 4.79 Å². The Balaban J connectivity index is 2.20. The Hall–Kier alpha value is -3.31. The van der Waals surface area contributed by atoms with Gasteiger partial charge in [-0.05, 0) is 36.3 Å². The van der Waals surface area contributed by atoms with Gasteiger partial charge >= 0.3 is 5.97 Å². The van der Waals surface area contributed by atoms with E-state index in [1.54, 1.807) is 38.3 Å². The van der Waals surface area contributed by atoms with Crippen LogP contribution in [-0.4, -0.2) is 33.2 Å². The molecule has 0 saturated heterocycles. The molecule has 0 aliphatic heterocycles. The van der Waals surface area contributed by atoms with Gasteiger partial charge in [0, 0.05) is 6.08 Å². The minimum Gasteiger partial charge on any atom is -0.493 e. The van der Waals surface area contributed by atoms with Crippen molar-refractivity contribution in [1.29, 1.82) is 5.26 Å². The number of hydrogen-bond donors (Lipinski definition) is 1. The van der Waals surface area contributed by atoms with Gasteiger partial charge in [0.25, 0.3) is 0 Å². The fraction of sp³-hybridized carbons (Fsp3) is 0.211. The fourth-order valence-electron chi connectivity index (χ4n) is 2.31. The molecule has 0 aliphatic carbocycles. The zero-order chi connectivity index (χ0) is 20.0. The number of amides is 1. The normalized spacial score (nSPS) is 10.3. The lowest BCUT2D eigenvalue weighted by atomic mass is 10.1. The number of nitriles is 1. The molecule has 1 aromatic carbocycles. The molecule has 0 fully saturated rings. The third-order valence-electron chi connectivity index (χ3n) is 3.70. The van der Waals surface area contributed by atoms with E-state index in [1.165, 1.54) is 20.3 Å². The number of anilines is 1. The molecule has 0 spiro atoms. The van der Waals surface area contributed by atoms with Crippen molar-refractivity contribution in [3.8, 4) is 17.6 Å². The van der Waals surface area contributed by atoms with Gasteiger partial charge in [0.1, 0.15) is 15.9 Å². The van der Waals surface area contributed by atoms with Crippen molar-refractivity contribution in [2.45, 2.75) is 6.92 Å². The molecule has 2 rings (SSSR count). The molecule has 0 bridgehead atoms. The summed E-state index contributed by atoms with van der Waals surface area (Å²) in [5.41, 5.74) is 1.46. The largest absolute Gasteiger partial charge is 0.493 e. The average Bonchev–Trinajstić information content (AvgIpc) is 3.00. The van der Waals surface area contributed by atoms with E-state index < -0.39 is 11.9 Å². The molecule has 0 saturated carbocycles. The first-order chi connectivity index (χ1) is 12.9. The molecule has 0 aliphatic rings. The van der Waals surface area contributed by atoms with Crippen molar-refractivity contribution in [3.05, 3.63) is 45.8 Å². The molecule has 140 valence electrons. The number of nitrogens with one attached hydrogen (secondary N) is 1. The number of ether oxygens (including phenoxy) is 3. The van der Waals surface area contributed by atoms with E-state index in [-0.39, 0.29) is 10.4 Å².